The largest absolute Gasteiger partial charge is 0.416 e. The predicted molar refractivity (Wildman–Crippen MR) is 147 cm³/mol. The molecule has 1 aromatic heterocycles. The smallest absolute Gasteiger partial charge is 0.373 e. The summed E-state index contributed by atoms with van der Waals surface area (Å²) in [4.78, 5) is 21.9. The maximum absolute atomic E-state index is 13.5. The third-order valence-electron chi connectivity index (χ3n) is 7.70. The molecule has 0 saturated carbocycles. The van der Waals surface area contributed by atoms with E-state index >= 15 is 0 Å². The number of imidazole rings is 1. The second-order valence-corrected chi connectivity index (χ2v) is 10.6. The van der Waals surface area contributed by atoms with Gasteiger partial charge in [-0.3, -0.25) is 4.79 Å². The van der Waals surface area contributed by atoms with E-state index in [1.165, 1.54) is 6.33 Å². The normalized spacial score (nSPS) is 17.8. The first-order valence-corrected chi connectivity index (χ1v) is 13.7. The molecule has 43 heavy (non-hydrogen) atoms. The fraction of sp³-hybridized carbons (Fsp3) is 0.312. The number of H-pyrrole nitrogens is 1. The topological polar surface area (TPSA) is 58.2 Å². The third-order valence-corrected chi connectivity index (χ3v) is 7.70. The standard InChI is InChI=1S/C32H29F6N3O2/c33-31(34,35)24-13-21(14-25(15-24)32(36,37)38)19-43-28-11-12-41(29(42)16-26-17-39-20-40-26)18-27(28)30(22-7-3-1-4-8-22)23-9-5-2-6-10-23/h1-10,13-15,17,20,27-28,30H,11-12,16,18-19H2,(H,39,40). The Labute approximate surface area is 244 Å². The molecule has 11 heteroatoms. The lowest BCUT2D eigenvalue weighted by molar-refractivity contribution is -0.143. The van der Waals surface area contributed by atoms with Crippen LogP contribution in [-0.4, -0.2) is 40.0 Å². The van der Waals surface area contributed by atoms with E-state index in [1.54, 1.807) is 11.1 Å². The summed E-state index contributed by atoms with van der Waals surface area (Å²) in [6, 6.07) is 20.7. The summed E-state index contributed by atoms with van der Waals surface area (Å²) >= 11 is 0. The average molecular weight is 602 g/mol. The maximum Gasteiger partial charge on any atom is 0.416 e. The lowest BCUT2D eigenvalue weighted by Crippen LogP contribution is -2.49. The van der Waals surface area contributed by atoms with Crippen LogP contribution in [0.25, 0.3) is 0 Å². The highest BCUT2D eigenvalue weighted by Gasteiger charge is 2.40. The monoisotopic (exact) mass is 601 g/mol. The van der Waals surface area contributed by atoms with Crippen molar-refractivity contribution >= 4 is 5.91 Å². The van der Waals surface area contributed by atoms with Gasteiger partial charge < -0.3 is 14.6 Å². The second kappa shape index (κ2) is 12.6. The Hall–Kier alpha value is -4.12. The SMILES string of the molecule is O=C(Cc1cnc[nH]1)N1CCC(OCc2cc(C(F)(F)F)cc(C(F)(F)F)c2)C(C(c2ccccc2)c2ccccc2)C1. The number of hydrogen-bond acceptors (Lipinski definition) is 3. The molecule has 2 unspecified atom stereocenters. The van der Waals surface area contributed by atoms with Gasteiger partial charge in [0.05, 0.1) is 36.6 Å². The average Bonchev–Trinajstić information content (AvgIpc) is 3.50. The van der Waals surface area contributed by atoms with Gasteiger partial charge in [-0.05, 0) is 41.3 Å². The molecule has 1 aliphatic heterocycles. The number of nitrogens with one attached hydrogen (secondary N) is 1. The van der Waals surface area contributed by atoms with Crippen LogP contribution in [0.4, 0.5) is 26.3 Å². The van der Waals surface area contributed by atoms with Crippen LogP contribution in [0, 0.1) is 5.92 Å². The van der Waals surface area contributed by atoms with Crippen molar-refractivity contribution in [2.24, 2.45) is 5.92 Å². The molecule has 1 amide bonds. The Morgan fingerprint density at radius 3 is 2.00 bits per heavy atom. The molecule has 2 heterocycles. The number of hydrogen-bond donors (Lipinski definition) is 1. The van der Waals surface area contributed by atoms with Crippen LogP contribution >= 0.6 is 0 Å². The van der Waals surface area contributed by atoms with Crippen LogP contribution in [-0.2, 0) is 34.9 Å². The number of nitrogens with zero attached hydrogens (tertiary/aromatic N) is 2. The van der Waals surface area contributed by atoms with Crippen molar-refractivity contribution < 1.29 is 35.9 Å². The van der Waals surface area contributed by atoms with Crippen LogP contribution in [0.2, 0.25) is 0 Å². The number of amides is 1. The Kier molecular flexibility index (Phi) is 8.91. The molecule has 1 saturated heterocycles. The minimum atomic E-state index is -4.95. The van der Waals surface area contributed by atoms with Gasteiger partial charge >= 0.3 is 12.4 Å². The first-order chi connectivity index (χ1) is 20.5. The van der Waals surface area contributed by atoms with Gasteiger partial charge in [0.15, 0.2) is 0 Å². The van der Waals surface area contributed by atoms with Gasteiger partial charge in [-0.2, -0.15) is 26.3 Å². The van der Waals surface area contributed by atoms with Gasteiger partial charge in [-0.15, -0.1) is 0 Å². The first kappa shape index (κ1) is 30.3. The van der Waals surface area contributed by atoms with Crippen LogP contribution in [0.5, 0.6) is 0 Å². The minimum absolute atomic E-state index is 0.108. The molecule has 1 N–H and O–H groups in total. The van der Waals surface area contributed by atoms with Crippen molar-refractivity contribution in [1.82, 2.24) is 14.9 Å². The number of halogens is 6. The fourth-order valence-electron chi connectivity index (χ4n) is 5.68. The van der Waals surface area contributed by atoms with E-state index in [2.05, 4.69) is 9.97 Å². The lowest BCUT2D eigenvalue weighted by Gasteiger charge is -2.42. The molecule has 226 valence electrons. The van der Waals surface area contributed by atoms with Gasteiger partial charge in [0.1, 0.15) is 0 Å². The van der Waals surface area contributed by atoms with E-state index < -0.39 is 36.2 Å². The zero-order valence-electron chi connectivity index (χ0n) is 22.9. The van der Waals surface area contributed by atoms with Crippen molar-refractivity contribution in [2.45, 2.75) is 43.8 Å². The molecule has 3 aromatic carbocycles. The van der Waals surface area contributed by atoms with Gasteiger partial charge in [0.2, 0.25) is 5.91 Å². The highest BCUT2D eigenvalue weighted by atomic mass is 19.4. The third kappa shape index (κ3) is 7.45. The summed E-state index contributed by atoms with van der Waals surface area (Å²) in [5.74, 6) is -0.736. The summed E-state index contributed by atoms with van der Waals surface area (Å²) in [6.07, 6.45) is -6.94. The van der Waals surface area contributed by atoms with E-state index in [0.29, 0.717) is 30.8 Å². The van der Waals surface area contributed by atoms with Gasteiger partial charge in [0, 0.05) is 36.8 Å². The van der Waals surface area contributed by atoms with E-state index in [9.17, 15) is 31.1 Å². The van der Waals surface area contributed by atoms with Crippen LogP contribution < -0.4 is 0 Å². The van der Waals surface area contributed by atoms with Crippen molar-refractivity contribution in [3.05, 3.63) is 125 Å². The van der Waals surface area contributed by atoms with E-state index in [0.717, 1.165) is 11.1 Å². The number of aromatic nitrogens is 2. The van der Waals surface area contributed by atoms with E-state index in [4.69, 9.17) is 4.74 Å². The zero-order valence-corrected chi connectivity index (χ0v) is 22.9. The quantitative estimate of drug-likeness (QED) is 0.217. The highest BCUT2D eigenvalue weighted by Crippen LogP contribution is 2.40. The number of carbonyl (C=O) groups excluding carboxylic acids is 1. The zero-order chi connectivity index (χ0) is 30.6. The summed E-state index contributed by atoms with van der Waals surface area (Å²) in [7, 11) is 0. The first-order valence-electron chi connectivity index (χ1n) is 13.7. The predicted octanol–water partition coefficient (Wildman–Crippen LogP) is 7.26. The molecule has 1 aliphatic rings. The molecule has 0 radical (unpaired) electrons. The summed E-state index contributed by atoms with van der Waals surface area (Å²) in [5, 5.41) is 0. The maximum atomic E-state index is 13.5. The van der Waals surface area contributed by atoms with Crippen molar-refractivity contribution in [1.29, 1.82) is 0 Å². The Bertz CT molecular complexity index is 1420. The number of aromatic amines is 1. The summed E-state index contributed by atoms with van der Waals surface area (Å²) < 4.78 is 87.0. The second-order valence-electron chi connectivity index (χ2n) is 10.6. The molecule has 4 aromatic rings. The van der Waals surface area contributed by atoms with Crippen molar-refractivity contribution in [2.75, 3.05) is 13.1 Å². The number of carbonyl (C=O) groups is 1. The summed E-state index contributed by atoms with van der Waals surface area (Å²) in [6.45, 7) is 0.149. The van der Waals surface area contributed by atoms with Crippen LogP contribution in [0.15, 0.2) is 91.4 Å². The van der Waals surface area contributed by atoms with Gasteiger partial charge in [-0.25, -0.2) is 4.98 Å². The number of rotatable bonds is 8. The van der Waals surface area contributed by atoms with Crippen LogP contribution in [0.3, 0.4) is 0 Å². The molecule has 0 aliphatic carbocycles. The van der Waals surface area contributed by atoms with Crippen molar-refractivity contribution in [3.63, 3.8) is 0 Å². The molecule has 0 spiro atoms. The molecule has 5 nitrogen and oxygen atoms in total. The van der Waals surface area contributed by atoms with E-state index in [-0.39, 0.29) is 42.3 Å². The molecule has 5 rings (SSSR count). The number of ether oxygens (including phenoxy) is 1. The lowest BCUT2D eigenvalue weighted by atomic mass is 9.75. The molecular formula is C32H29F6N3O2. The molecule has 2 atom stereocenters. The number of alkyl halides is 6. The summed E-state index contributed by atoms with van der Waals surface area (Å²) in [5.41, 5.74) is -0.435. The molecular weight excluding hydrogens is 572 g/mol. The Morgan fingerprint density at radius 2 is 1.49 bits per heavy atom. The molecule has 1 fully saturated rings. The molecule has 0 bridgehead atoms. The number of piperidine rings is 1. The fourth-order valence-corrected chi connectivity index (χ4v) is 5.68. The van der Waals surface area contributed by atoms with Crippen molar-refractivity contribution in [3.8, 4) is 0 Å². The van der Waals surface area contributed by atoms with Gasteiger partial charge in [0.25, 0.3) is 0 Å². The highest BCUT2D eigenvalue weighted by molar-refractivity contribution is 5.78. The minimum Gasteiger partial charge on any atom is -0.373 e. The van der Waals surface area contributed by atoms with Crippen LogP contribution in [0.1, 0.15) is 45.8 Å². The number of likely N-dealkylation sites (tertiary alicyclic amines) is 1. The van der Waals surface area contributed by atoms with Gasteiger partial charge in [-0.1, -0.05) is 60.7 Å². The Balaban J connectivity index is 1.47. The number of benzene rings is 3. The van der Waals surface area contributed by atoms with E-state index in [1.807, 2.05) is 60.7 Å². The Morgan fingerprint density at radius 1 is 0.907 bits per heavy atom.